The molecule has 0 aliphatic rings. The molecule has 15 heavy (non-hydrogen) atoms. The predicted molar refractivity (Wildman–Crippen MR) is 53.5 cm³/mol. The first-order valence-corrected chi connectivity index (χ1v) is 4.78. The minimum Gasteiger partial charge on any atom is -0.494 e. The molecular formula is C11H13FO3. The van der Waals surface area contributed by atoms with Gasteiger partial charge in [0.15, 0.2) is 0 Å². The maximum Gasteiger partial charge on any atom is 0.341 e. The first-order chi connectivity index (χ1) is 7.19. The molecule has 0 unspecified atom stereocenters. The highest BCUT2D eigenvalue weighted by Crippen LogP contribution is 2.17. The van der Waals surface area contributed by atoms with E-state index in [1.54, 1.807) is 6.92 Å². The average Bonchev–Trinajstić information content (AvgIpc) is 2.21. The summed E-state index contributed by atoms with van der Waals surface area (Å²) in [5, 5.41) is 0. The van der Waals surface area contributed by atoms with Crippen molar-refractivity contribution in [2.45, 2.75) is 13.8 Å². The lowest BCUT2D eigenvalue weighted by Gasteiger charge is -2.06. The molecule has 0 fully saturated rings. The van der Waals surface area contributed by atoms with Crippen molar-refractivity contribution in [1.29, 1.82) is 0 Å². The molecule has 0 spiro atoms. The molecule has 1 aromatic rings. The molecule has 0 bridgehead atoms. The van der Waals surface area contributed by atoms with Gasteiger partial charge in [-0.3, -0.25) is 0 Å². The third-order valence-corrected chi connectivity index (χ3v) is 1.74. The lowest BCUT2D eigenvalue weighted by atomic mass is 10.2. The maximum atomic E-state index is 13.2. The number of ether oxygens (including phenoxy) is 2. The number of rotatable bonds is 4. The number of carbonyl (C=O) groups excluding carboxylic acids is 1. The zero-order chi connectivity index (χ0) is 11.3. The lowest BCUT2D eigenvalue weighted by molar-refractivity contribution is 0.0520. The molecule has 0 saturated heterocycles. The molecule has 4 heteroatoms. The smallest absolute Gasteiger partial charge is 0.341 e. The molecular weight excluding hydrogens is 199 g/mol. The van der Waals surface area contributed by atoms with Gasteiger partial charge in [-0.1, -0.05) is 0 Å². The van der Waals surface area contributed by atoms with Crippen molar-refractivity contribution in [2.75, 3.05) is 13.2 Å². The Bertz CT molecular complexity index is 350. The van der Waals surface area contributed by atoms with Crippen LogP contribution in [-0.2, 0) is 4.74 Å². The Morgan fingerprint density at radius 3 is 2.67 bits per heavy atom. The molecule has 0 radical (unpaired) electrons. The van der Waals surface area contributed by atoms with Crippen molar-refractivity contribution in [2.24, 2.45) is 0 Å². The fourth-order valence-corrected chi connectivity index (χ4v) is 1.13. The van der Waals surface area contributed by atoms with E-state index in [2.05, 4.69) is 0 Å². The number of halogens is 1. The minimum atomic E-state index is -0.670. The number of carbonyl (C=O) groups is 1. The highest BCUT2D eigenvalue weighted by atomic mass is 19.1. The van der Waals surface area contributed by atoms with Crippen molar-refractivity contribution in [1.82, 2.24) is 0 Å². The van der Waals surface area contributed by atoms with Gasteiger partial charge < -0.3 is 9.47 Å². The van der Waals surface area contributed by atoms with Crippen molar-refractivity contribution < 1.29 is 18.7 Å². The second-order valence-corrected chi connectivity index (χ2v) is 2.80. The third-order valence-electron chi connectivity index (χ3n) is 1.74. The quantitative estimate of drug-likeness (QED) is 0.719. The van der Waals surface area contributed by atoms with Crippen LogP contribution in [0.15, 0.2) is 18.2 Å². The van der Waals surface area contributed by atoms with E-state index in [4.69, 9.17) is 9.47 Å². The van der Waals surface area contributed by atoms with Crippen LogP contribution in [0.2, 0.25) is 0 Å². The van der Waals surface area contributed by atoms with Gasteiger partial charge in [0.2, 0.25) is 0 Å². The van der Waals surface area contributed by atoms with Crippen molar-refractivity contribution in [3.05, 3.63) is 29.6 Å². The van der Waals surface area contributed by atoms with Crippen molar-refractivity contribution >= 4 is 5.97 Å². The molecule has 0 saturated carbocycles. The summed E-state index contributed by atoms with van der Waals surface area (Å²) >= 11 is 0. The summed E-state index contributed by atoms with van der Waals surface area (Å²) in [6, 6.07) is 4.01. The van der Waals surface area contributed by atoms with E-state index < -0.39 is 11.8 Å². The van der Waals surface area contributed by atoms with E-state index in [1.807, 2.05) is 6.92 Å². The molecule has 1 aromatic carbocycles. The molecule has 0 aromatic heterocycles. The number of benzene rings is 1. The van der Waals surface area contributed by atoms with Crippen molar-refractivity contribution in [3.8, 4) is 5.75 Å². The van der Waals surface area contributed by atoms with Crippen LogP contribution in [0, 0.1) is 5.82 Å². The predicted octanol–water partition coefficient (Wildman–Crippen LogP) is 2.40. The Labute approximate surface area is 87.8 Å². The molecule has 0 N–H and O–H groups in total. The van der Waals surface area contributed by atoms with E-state index in [9.17, 15) is 9.18 Å². The molecule has 0 heterocycles. The van der Waals surface area contributed by atoms with Crippen LogP contribution in [0.3, 0.4) is 0 Å². The summed E-state index contributed by atoms with van der Waals surface area (Å²) < 4.78 is 23.1. The number of esters is 1. The summed E-state index contributed by atoms with van der Waals surface area (Å²) in [6.07, 6.45) is 0. The van der Waals surface area contributed by atoms with E-state index in [1.165, 1.54) is 18.2 Å². The van der Waals surface area contributed by atoms with Gasteiger partial charge in [0.1, 0.15) is 11.6 Å². The Morgan fingerprint density at radius 1 is 1.33 bits per heavy atom. The first-order valence-electron chi connectivity index (χ1n) is 4.78. The lowest BCUT2D eigenvalue weighted by Crippen LogP contribution is -2.07. The fourth-order valence-electron chi connectivity index (χ4n) is 1.13. The molecule has 0 amide bonds. The first kappa shape index (κ1) is 11.5. The van der Waals surface area contributed by atoms with Crippen LogP contribution in [0.1, 0.15) is 24.2 Å². The summed E-state index contributed by atoms with van der Waals surface area (Å²) in [5.41, 5.74) is -0.0946. The second-order valence-electron chi connectivity index (χ2n) is 2.80. The number of hydrogen-bond acceptors (Lipinski definition) is 3. The van der Waals surface area contributed by atoms with Gasteiger partial charge in [0.25, 0.3) is 0 Å². The summed E-state index contributed by atoms with van der Waals surface area (Å²) in [4.78, 5) is 11.3. The van der Waals surface area contributed by atoms with Crippen LogP contribution in [0.4, 0.5) is 4.39 Å². The summed E-state index contributed by atoms with van der Waals surface area (Å²) in [7, 11) is 0. The van der Waals surface area contributed by atoms with E-state index in [-0.39, 0.29) is 12.2 Å². The molecule has 82 valence electrons. The van der Waals surface area contributed by atoms with Gasteiger partial charge in [0.05, 0.1) is 18.8 Å². The Kier molecular flexibility index (Phi) is 4.09. The van der Waals surface area contributed by atoms with Gasteiger partial charge in [-0.05, 0) is 32.0 Å². The zero-order valence-corrected chi connectivity index (χ0v) is 8.75. The molecule has 0 atom stereocenters. The van der Waals surface area contributed by atoms with Gasteiger partial charge in [0, 0.05) is 0 Å². The van der Waals surface area contributed by atoms with Crippen LogP contribution in [0.5, 0.6) is 5.75 Å². The van der Waals surface area contributed by atoms with E-state index in [0.717, 1.165) is 0 Å². The maximum absolute atomic E-state index is 13.2. The second kappa shape index (κ2) is 5.34. The van der Waals surface area contributed by atoms with E-state index >= 15 is 0 Å². The van der Waals surface area contributed by atoms with Gasteiger partial charge in [-0.25, -0.2) is 9.18 Å². The SMILES string of the molecule is CCOC(=O)c1cc(OCC)ccc1F. The molecule has 0 aliphatic heterocycles. The minimum absolute atomic E-state index is 0.0946. The third kappa shape index (κ3) is 2.94. The summed E-state index contributed by atoms with van der Waals surface area (Å²) in [6.45, 7) is 4.17. The Morgan fingerprint density at radius 2 is 2.07 bits per heavy atom. The Balaban J connectivity index is 2.94. The highest BCUT2D eigenvalue weighted by molar-refractivity contribution is 5.90. The average molecular weight is 212 g/mol. The molecule has 1 rings (SSSR count). The Hall–Kier alpha value is -1.58. The van der Waals surface area contributed by atoms with Crippen molar-refractivity contribution in [3.63, 3.8) is 0 Å². The normalized spacial score (nSPS) is 9.80. The largest absolute Gasteiger partial charge is 0.494 e. The van der Waals surface area contributed by atoms with Crippen LogP contribution in [-0.4, -0.2) is 19.2 Å². The van der Waals surface area contributed by atoms with Crippen LogP contribution >= 0.6 is 0 Å². The highest BCUT2D eigenvalue weighted by Gasteiger charge is 2.13. The number of hydrogen-bond donors (Lipinski definition) is 0. The van der Waals surface area contributed by atoms with Gasteiger partial charge in [-0.15, -0.1) is 0 Å². The summed E-state index contributed by atoms with van der Waals surface area (Å²) in [5.74, 6) is -0.810. The van der Waals surface area contributed by atoms with Gasteiger partial charge in [-0.2, -0.15) is 0 Å². The topological polar surface area (TPSA) is 35.5 Å². The molecule has 3 nitrogen and oxygen atoms in total. The molecule has 0 aliphatic carbocycles. The van der Waals surface area contributed by atoms with Crippen LogP contribution < -0.4 is 4.74 Å². The van der Waals surface area contributed by atoms with Crippen LogP contribution in [0.25, 0.3) is 0 Å². The standard InChI is InChI=1S/C11H13FO3/c1-3-14-8-5-6-10(12)9(7-8)11(13)15-4-2/h5-7H,3-4H2,1-2H3. The zero-order valence-electron chi connectivity index (χ0n) is 8.75. The fraction of sp³-hybridized carbons (Fsp3) is 0.364. The van der Waals surface area contributed by atoms with Gasteiger partial charge >= 0.3 is 5.97 Å². The van der Waals surface area contributed by atoms with E-state index in [0.29, 0.717) is 12.4 Å². The monoisotopic (exact) mass is 212 g/mol.